The Labute approximate surface area is 203 Å². The van der Waals surface area contributed by atoms with Gasteiger partial charge in [-0.2, -0.15) is 5.53 Å². The lowest BCUT2D eigenvalue weighted by Gasteiger charge is -2.27. The van der Waals surface area contributed by atoms with E-state index >= 15 is 0 Å². The molecule has 33 heavy (non-hydrogen) atoms. The van der Waals surface area contributed by atoms with E-state index in [4.69, 9.17) is 38.5 Å². The number of nitrogens with two attached hydrogens (primary N) is 1. The van der Waals surface area contributed by atoms with Crippen LogP contribution >= 0.6 is 23.2 Å². The van der Waals surface area contributed by atoms with Crippen molar-refractivity contribution in [1.29, 1.82) is 0 Å². The molecule has 0 spiro atoms. The molecule has 3 N–H and O–H groups in total. The number of ether oxygens (including phenoxy) is 2. The molecule has 4 aromatic carbocycles. The quantitative estimate of drug-likeness (QED) is 0.210. The van der Waals surface area contributed by atoms with Crippen molar-refractivity contribution in [2.75, 3.05) is 5.01 Å². The number of aryl methyl sites for hydroxylation is 2. The summed E-state index contributed by atoms with van der Waals surface area (Å²) in [5.74, 6) is 8.68. The fourth-order valence-electron chi connectivity index (χ4n) is 3.49. The zero-order valence-electron chi connectivity index (χ0n) is 18.2. The molecule has 7 heteroatoms. The van der Waals surface area contributed by atoms with Gasteiger partial charge in [-0.15, -0.1) is 0 Å². The number of hydrogen-bond donors (Lipinski definition) is 2. The van der Waals surface area contributed by atoms with Crippen LogP contribution in [0.3, 0.4) is 0 Å². The van der Waals surface area contributed by atoms with E-state index in [9.17, 15) is 0 Å². The predicted molar refractivity (Wildman–Crippen MR) is 135 cm³/mol. The Balaban J connectivity index is 1.56. The minimum Gasteiger partial charge on any atom is -0.457 e. The van der Waals surface area contributed by atoms with Crippen LogP contribution in [0.4, 0.5) is 11.4 Å². The lowest BCUT2D eigenvalue weighted by molar-refractivity contribution is 0.482. The molecule has 0 radical (unpaired) electrons. The molecule has 0 fully saturated rings. The standard InChI is InChI=1S/C26H23Cl2N3O2/c1-17-13-23(32-21-7-3-5-19(27)15-21)9-11-25(17)31(30-29)26-12-10-24(14-18(26)2)33-22-8-4-6-20(28)16-22/h3-16,30H,29H2,1-2H3. The maximum atomic E-state index is 6.05. The summed E-state index contributed by atoms with van der Waals surface area (Å²) in [6.07, 6.45) is 0. The van der Waals surface area contributed by atoms with Gasteiger partial charge in [-0.1, -0.05) is 35.3 Å². The highest BCUT2D eigenvalue weighted by Gasteiger charge is 2.15. The predicted octanol–water partition coefficient (Wildman–Crippen LogP) is 7.71. The molecule has 0 atom stereocenters. The molecule has 0 aliphatic carbocycles. The third-order valence-corrected chi connectivity index (χ3v) is 5.48. The Bertz CT molecular complexity index is 1180. The van der Waals surface area contributed by atoms with Gasteiger partial charge in [0.2, 0.25) is 0 Å². The first kappa shape index (κ1) is 23.0. The second-order valence-electron chi connectivity index (χ2n) is 7.48. The van der Waals surface area contributed by atoms with Crippen LogP contribution in [0.1, 0.15) is 11.1 Å². The number of nitrogens with one attached hydrogen (secondary N) is 1. The fourth-order valence-corrected chi connectivity index (χ4v) is 3.85. The molecule has 4 rings (SSSR count). The molecule has 0 amide bonds. The number of anilines is 2. The minimum absolute atomic E-state index is 0.623. The first-order chi connectivity index (χ1) is 15.9. The largest absolute Gasteiger partial charge is 0.457 e. The van der Waals surface area contributed by atoms with Crippen LogP contribution in [0.5, 0.6) is 23.0 Å². The molecule has 0 saturated heterocycles. The number of benzene rings is 4. The van der Waals surface area contributed by atoms with Gasteiger partial charge >= 0.3 is 0 Å². The number of nitrogens with zero attached hydrogens (tertiary/aromatic N) is 1. The molecule has 4 aromatic rings. The Morgan fingerprint density at radius 2 is 1.06 bits per heavy atom. The lowest BCUT2D eigenvalue weighted by atomic mass is 10.1. The van der Waals surface area contributed by atoms with Crippen molar-refractivity contribution in [1.82, 2.24) is 5.53 Å². The van der Waals surface area contributed by atoms with Gasteiger partial charge < -0.3 is 9.47 Å². The van der Waals surface area contributed by atoms with Crippen LogP contribution in [0.15, 0.2) is 84.9 Å². The topological polar surface area (TPSA) is 59.8 Å². The monoisotopic (exact) mass is 479 g/mol. The van der Waals surface area contributed by atoms with E-state index in [-0.39, 0.29) is 0 Å². The Hall–Kier alpha value is -3.22. The summed E-state index contributed by atoms with van der Waals surface area (Å²) in [6.45, 7) is 3.99. The summed E-state index contributed by atoms with van der Waals surface area (Å²) in [5, 5.41) is 3.06. The maximum Gasteiger partial charge on any atom is 0.128 e. The second-order valence-corrected chi connectivity index (χ2v) is 8.35. The van der Waals surface area contributed by atoms with Gasteiger partial charge in [0.05, 0.1) is 11.4 Å². The fraction of sp³-hybridized carbons (Fsp3) is 0.0769. The van der Waals surface area contributed by atoms with Crippen LogP contribution in [0.2, 0.25) is 10.0 Å². The average molecular weight is 480 g/mol. The van der Waals surface area contributed by atoms with Gasteiger partial charge in [0.1, 0.15) is 23.0 Å². The highest BCUT2D eigenvalue weighted by atomic mass is 35.5. The lowest BCUT2D eigenvalue weighted by Crippen LogP contribution is -2.40. The van der Waals surface area contributed by atoms with Gasteiger partial charge in [-0.25, -0.2) is 0 Å². The molecular weight excluding hydrogens is 457 g/mol. The van der Waals surface area contributed by atoms with E-state index in [1.807, 2.05) is 79.5 Å². The van der Waals surface area contributed by atoms with Crippen LogP contribution < -0.4 is 25.9 Å². The summed E-state index contributed by atoms with van der Waals surface area (Å²) in [7, 11) is 0. The zero-order valence-corrected chi connectivity index (χ0v) is 19.7. The summed E-state index contributed by atoms with van der Waals surface area (Å²) in [4.78, 5) is 0. The third-order valence-electron chi connectivity index (χ3n) is 5.01. The van der Waals surface area contributed by atoms with E-state index < -0.39 is 0 Å². The summed E-state index contributed by atoms with van der Waals surface area (Å²) >= 11 is 12.1. The first-order valence-corrected chi connectivity index (χ1v) is 11.0. The average Bonchev–Trinajstić information content (AvgIpc) is 2.77. The van der Waals surface area contributed by atoms with Crippen LogP contribution in [-0.4, -0.2) is 0 Å². The second kappa shape index (κ2) is 10.1. The molecule has 0 heterocycles. The van der Waals surface area contributed by atoms with Crippen molar-refractivity contribution < 1.29 is 9.47 Å². The Morgan fingerprint density at radius 3 is 1.42 bits per heavy atom. The van der Waals surface area contributed by atoms with Gasteiger partial charge in [0, 0.05) is 10.0 Å². The molecule has 0 unspecified atom stereocenters. The third kappa shape index (κ3) is 5.59. The Morgan fingerprint density at radius 1 is 0.636 bits per heavy atom. The van der Waals surface area contributed by atoms with Gasteiger partial charge in [0.25, 0.3) is 0 Å². The van der Waals surface area contributed by atoms with Crippen LogP contribution in [-0.2, 0) is 0 Å². The number of hydrogen-bond acceptors (Lipinski definition) is 5. The number of rotatable bonds is 7. The van der Waals surface area contributed by atoms with Gasteiger partial charge in [0.15, 0.2) is 0 Å². The number of halogens is 2. The summed E-state index contributed by atoms with van der Waals surface area (Å²) in [5.41, 5.74) is 6.52. The van der Waals surface area contributed by atoms with E-state index in [0.29, 0.717) is 33.0 Å². The molecular formula is C26H23Cl2N3O2. The molecule has 5 nitrogen and oxygen atoms in total. The van der Waals surface area contributed by atoms with E-state index in [1.54, 1.807) is 24.3 Å². The van der Waals surface area contributed by atoms with Crippen molar-refractivity contribution in [3.05, 3.63) is 106 Å². The summed E-state index contributed by atoms with van der Waals surface area (Å²) < 4.78 is 11.9. The Kier molecular flexibility index (Phi) is 7.06. The zero-order chi connectivity index (χ0) is 23.4. The van der Waals surface area contributed by atoms with Crippen molar-refractivity contribution >= 4 is 34.6 Å². The molecule has 168 valence electrons. The molecule has 0 aliphatic heterocycles. The van der Waals surface area contributed by atoms with E-state index in [0.717, 1.165) is 22.5 Å². The summed E-state index contributed by atoms with van der Waals surface area (Å²) in [6, 6.07) is 26.2. The van der Waals surface area contributed by atoms with E-state index in [2.05, 4.69) is 5.53 Å². The van der Waals surface area contributed by atoms with Gasteiger partial charge in [-0.3, -0.25) is 10.9 Å². The molecule has 0 aromatic heterocycles. The molecule has 0 saturated carbocycles. The van der Waals surface area contributed by atoms with E-state index in [1.165, 1.54) is 0 Å². The van der Waals surface area contributed by atoms with Crippen molar-refractivity contribution in [2.45, 2.75) is 13.8 Å². The highest BCUT2D eigenvalue weighted by Crippen LogP contribution is 2.35. The van der Waals surface area contributed by atoms with Crippen LogP contribution in [0, 0.1) is 13.8 Å². The maximum absolute atomic E-state index is 6.05. The number of hydrazine groups is 2. The normalized spacial score (nSPS) is 10.7. The SMILES string of the molecule is Cc1cc(Oc2cccc(Cl)c2)ccc1N(NN)c1ccc(Oc2cccc(Cl)c2)cc1C. The van der Waals surface area contributed by atoms with Crippen LogP contribution in [0.25, 0.3) is 0 Å². The molecule has 0 bridgehead atoms. The van der Waals surface area contributed by atoms with Crippen molar-refractivity contribution in [3.8, 4) is 23.0 Å². The molecule has 0 aliphatic rings. The van der Waals surface area contributed by atoms with Crippen molar-refractivity contribution in [3.63, 3.8) is 0 Å². The first-order valence-electron chi connectivity index (χ1n) is 10.3. The smallest absolute Gasteiger partial charge is 0.128 e. The van der Waals surface area contributed by atoms with Crippen molar-refractivity contribution in [2.24, 2.45) is 5.84 Å². The minimum atomic E-state index is 0.623. The highest BCUT2D eigenvalue weighted by molar-refractivity contribution is 6.31. The van der Waals surface area contributed by atoms with Gasteiger partial charge in [-0.05, 0) is 97.8 Å².